The van der Waals surface area contributed by atoms with E-state index >= 15 is 0 Å². The van der Waals surface area contributed by atoms with E-state index in [1.807, 2.05) is 13.0 Å². The van der Waals surface area contributed by atoms with Gasteiger partial charge in [0.2, 0.25) is 0 Å². The molecule has 2 aromatic carbocycles. The Morgan fingerprint density at radius 3 is 2.75 bits per heavy atom. The summed E-state index contributed by atoms with van der Waals surface area (Å²) in [7, 11) is 0. The highest BCUT2D eigenvalue weighted by atomic mass is 79.9. The van der Waals surface area contributed by atoms with Crippen LogP contribution in [0.1, 0.15) is 21.5 Å². The average Bonchev–Trinajstić information content (AvgIpc) is 2.42. The lowest BCUT2D eigenvalue weighted by Gasteiger charge is -2.08. The number of carbonyl (C=O) groups excluding carboxylic acids is 1. The van der Waals surface area contributed by atoms with Crippen LogP contribution in [-0.2, 0) is 11.3 Å². The van der Waals surface area contributed by atoms with Crippen molar-refractivity contribution < 1.29 is 13.9 Å². The van der Waals surface area contributed by atoms with Crippen LogP contribution in [0.4, 0.5) is 10.1 Å². The Kier molecular flexibility index (Phi) is 4.39. The van der Waals surface area contributed by atoms with Crippen molar-refractivity contribution in [2.45, 2.75) is 13.5 Å². The van der Waals surface area contributed by atoms with Crippen molar-refractivity contribution in [3.05, 3.63) is 63.4 Å². The van der Waals surface area contributed by atoms with Gasteiger partial charge in [-0.15, -0.1) is 0 Å². The molecule has 104 valence electrons. The van der Waals surface area contributed by atoms with E-state index in [2.05, 4.69) is 15.9 Å². The van der Waals surface area contributed by atoms with Crippen molar-refractivity contribution in [3.8, 4) is 0 Å². The van der Waals surface area contributed by atoms with Gasteiger partial charge in [-0.3, -0.25) is 0 Å². The van der Waals surface area contributed by atoms with Crippen LogP contribution >= 0.6 is 15.9 Å². The van der Waals surface area contributed by atoms with E-state index in [0.717, 1.165) is 5.56 Å². The number of carbonyl (C=O) groups is 1. The minimum atomic E-state index is -0.494. The van der Waals surface area contributed by atoms with Crippen molar-refractivity contribution in [1.29, 1.82) is 0 Å². The van der Waals surface area contributed by atoms with Gasteiger partial charge in [-0.05, 0) is 52.7 Å². The molecular formula is C15H13BrFNO2. The van der Waals surface area contributed by atoms with Crippen LogP contribution < -0.4 is 5.73 Å². The maximum absolute atomic E-state index is 13.1. The molecule has 0 aliphatic heterocycles. The molecule has 0 aliphatic carbocycles. The number of hydrogen-bond acceptors (Lipinski definition) is 3. The predicted octanol–water partition coefficient (Wildman–Crippen LogP) is 3.84. The summed E-state index contributed by atoms with van der Waals surface area (Å²) < 4.78 is 18.6. The van der Waals surface area contributed by atoms with E-state index in [0.29, 0.717) is 21.3 Å². The molecule has 2 rings (SSSR count). The van der Waals surface area contributed by atoms with Crippen molar-refractivity contribution in [1.82, 2.24) is 0 Å². The number of benzene rings is 2. The van der Waals surface area contributed by atoms with Crippen LogP contribution in [0.5, 0.6) is 0 Å². The highest BCUT2D eigenvalue weighted by Crippen LogP contribution is 2.19. The fraction of sp³-hybridized carbons (Fsp3) is 0.133. The van der Waals surface area contributed by atoms with Gasteiger partial charge in [0.25, 0.3) is 0 Å². The molecule has 0 unspecified atom stereocenters. The molecule has 0 saturated heterocycles. The Morgan fingerprint density at radius 2 is 2.05 bits per heavy atom. The van der Waals surface area contributed by atoms with Crippen LogP contribution in [0.3, 0.4) is 0 Å². The zero-order valence-corrected chi connectivity index (χ0v) is 12.4. The second kappa shape index (κ2) is 6.05. The summed E-state index contributed by atoms with van der Waals surface area (Å²) >= 11 is 3.08. The SMILES string of the molecule is Cc1ccc(N)c(C(=O)OCc2ccc(F)c(Br)c2)c1. The lowest BCUT2D eigenvalue weighted by molar-refractivity contribution is 0.0474. The lowest BCUT2D eigenvalue weighted by Crippen LogP contribution is -2.08. The number of nitrogens with two attached hydrogens (primary N) is 1. The molecule has 0 spiro atoms. The van der Waals surface area contributed by atoms with Crippen molar-refractivity contribution in [2.24, 2.45) is 0 Å². The Balaban J connectivity index is 2.08. The standard InChI is InChI=1S/C15H13BrFNO2/c1-9-2-5-14(18)11(6-9)15(19)20-8-10-3-4-13(17)12(16)7-10/h2-7H,8,18H2,1H3. The van der Waals surface area contributed by atoms with Gasteiger partial charge in [0.05, 0.1) is 10.0 Å². The predicted molar refractivity (Wildman–Crippen MR) is 78.8 cm³/mol. The average molecular weight is 338 g/mol. The first kappa shape index (κ1) is 14.5. The topological polar surface area (TPSA) is 52.3 Å². The summed E-state index contributed by atoms with van der Waals surface area (Å²) in [6.07, 6.45) is 0. The first-order valence-corrected chi connectivity index (χ1v) is 6.74. The summed E-state index contributed by atoms with van der Waals surface area (Å²) in [6, 6.07) is 9.62. The zero-order chi connectivity index (χ0) is 14.7. The first-order valence-electron chi connectivity index (χ1n) is 5.94. The van der Waals surface area contributed by atoms with Gasteiger partial charge in [-0.2, -0.15) is 0 Å². The second-order valence-corrected chi connectivity index (χ2v) is 5.27. The van der Waals surface area contributed by atoms with E-state index < -0.39 is 5.97 Å². The van der Waals surface area contributed by atoms with Crippen LogP contribution in [-0.4, -0.2) is 5.97 Å². The Morgan fingerprint density at radius 1 is 1.30 bits per heavy atom. The molecule has 2 aromatic rings. The maximum atomic E-state index is 13.1. The number of ether oxygens (including phenoxy) is 1. The number of esters is 1. The third kappa shape index (κ3) is 3.36. The van der Waals surface area contributed by atoms with Gasteiger partial charge in [-0.1, -0.05) is 17.7 Å². The molecule has 0 atom stereocenters. The highest BCUT2D eigenvalue weighted by molar-refractivity contribution is 9.10. The number of halogens is 2. The molecule has 5 heteroatoms. The Bertz CT molecular complexity index is 658. The van der Waals surface area contributed by atoms with Crippen LogP contribution in [0.25, 0.3) is 0 Å². The lowest BCUT2D eigenvalue weighted by atomic mass is 10.1. The number of anilines is 1. The van der Waals surface area contributed by atoms with Crippen LogP contribution in [0.15, 0.2) is 40.9 Å². The summed E-state index contributed by atoms with van der Waals surface area (Å²) in [5.74, 6) is -0.852. The van der Waals surface area contributed by atoms with Gasteiger partial charge in [0.15, 0.2) is 0 Å². The van der Waals surface area contributed by atoms with Crippen molar-refractivity contribution >= 4 is 27.6 Å². The monoisotopic (exact) mass is 337 g/mol. The minimum absolute atomic E-state index is 0.0606. The third-order valence-electron chi connectivity index (χ3n) is 2.78. The van der Waals surface area contributed by atoms with Crippen LogP contribution in [0.2, 0.25) is 0 Å². The van der Waals surface area contributed by atoms with Gasteiger partial charge < -0.3 is 10.5 Å². The van der Waals surface area contributed by atoms with Crippen molar-refractivity contribution in [3.63, 3.8) is 0 Å². The molecule has 0 saturated carbocycles. The molecule has 0 aliphatic rings. The first-order chi connectivity index (χ1) is 9.47. The van der Waals surface area contributed by atoms with E-state index in [1.165, 1.54) is 6.07 Å². The molecule has 3 nitrogen and oxygen atoms in total. The minimum Gasteiger partial charge on any atom is -0.457 e. The Hall–Kier alpha value is -1.88. The molecular weight excluding hydrogens is 325 g/mol. The number of aryl methyl sites for hydroxylation is 1. The van der Waals surface area contributed by atoms with Crippen LogP contribution in [0, 0.1) is 12.7 Å². The molecule has 0 radical (unpaired) electrons. The van der Waals surface area contributed by atoms with E-state index in [4.69, 9.17) is 10.5 Å². The van der Waals surface area contributed by atoms with Crippen molar-refractivity contribution in [2.75, 3.05) is 5.73 Å². The number of rotatable bonds is 3. The summed E-state index contributed by atoms with van der Waals surface area (Å²) in [5.41, 5.74) is 8.08. The van der Waals surface area contributed by atoms with Gasteiger partial charge in [0.1, 0.15) is 12.4 Å². The number of nitrogen functional groups attached to an aromatic ring is 1. The number of hydrogen-bond donors (Lipinski definition) is 1. The quantitative estimate of drug-likeness (QED) is 0.683. The fourth-order valence-corrected chi connectivity index (χ4v) is 2.13. The normalized spacial score (nSPS) is 10.3. The fourth-order valence-electron chi connectivity index (χ4n) is 1.70. The summed E-state index contributed by atoms with van der Waals surface area (Å²) in [4.78, 5) is 12.0. The molecule has 0 heterocycles. The van der Waals surface area contributed by atoms with Gasteiger partial charge in [0, 0.05) is 5.69 Å². The summed E-state index contributed by atoms with van der Waals surface area (Å²) in [5, 5.41) is 0. The molecule has 0 aromatic heterocycles. The molecule has 0 amide bonds. The molecule has 0 bridgehead atoms. The molecule has 20 heavy (non-hydrogen) atoms. The second-order valence-electron chi connectivity index (χ2n) is 4.42. The Labute approximate surface area is 124 Å². The zero-order valence-electron chi connectivity index (χ0n) is 10.8. The third-order valence-corrected chi connectivity index (χ3v) is 3.39. The van der Waals surface area contributed by atoms with Gasteiger partial charge in [-0.25, -0.2) is 9.18 Å². The molecule has 0 fully saturated rings. The highest BCUT2D eigenvalue weighted by Gasteiger charge is 2.12. The maximum Gasteiger partial charge on any atom is 0.340 e. The summed E-state index contributed by atoms with van der Waals surface area (Å²) in [6.45, 7) is 1.93. The largest absolute Gasteiger partial charge is 0.457 e. The smallest absolute Gasteiger partial charge is 0.340 e. The van der Waals surface area contributed by atoms with Gasteiger partial charge >= 0.3 is 5.97 Å². The van der Waals surface area contributed by atoms with E-state index in [1.54, 1.807) is 24.3 Å². The van der Waals surface area contributed by atoms with E-state index in [-0.39, 0.29) is 12.4 Å². The molecule has 2 N–H and O–H groups in total. The van der Waals surface area contributed by atoms with E-state index in [9.17, 15) is 9.18 Å².